The van der Waals surface area contributed by atoms with Gasteiger partial charge in [0.1, 0.15) is 28.5 Å². The first-order valence-electron chi connectivity index (χ1n) is 9.56. The maximum Gasteiger partial charge on any atom is 0.418 e. The van der Waals surface area contributed by atoms with E-state index in [0.717, 1.165) is 23.9 Å². The van der Waals surface area contributed by atoms with Crippen molar-refractivity contribution in [1.82, 2.24) is 19.9 Å². The molecular formula is C20H16ClF3N6O3S. The van der Waals surface area contributed by atoms with E-state index in [4.69, 9.17) is 11.6 Å². The Morgan fingerprint density at radius 3 is 2.44 bits per heavy atom. The predicted molar refractivity (Wildman–Crippen MR) is 118 cm³/mol. The van der Waals surface area contributed by atoms with Gasteiger partial charge in [0.15, 0.2) is 5.78 Å². The number of pyridine rings is 1. The highest BCUT2D eigenvalue weighted by atomic mass is 35.5. The van der Waals surface area contributed by atoms with E-state index < -0.39 is 22.7 Å². The lowest BCUT2D eigenvalue weighted by Gasteiger charge is -2.10. The Labute approximate surface area is 199 Å². The summed E-state index contributed by atoms with van der Waals surface area (Å²) >= 11 is 6.52. The summed E-state index contributed by atoms with van der Waals surface area (Å²) in [6.45, 7) is 3.03. The molecule has 0 aliphatic rings. The van der Waals surface area contributed by atoms with Crippen LogP contribution in [0.4, 0.5) is 24.8 Å². The summed E-state index contributed by atoms with van der Waals surface area (Å²) in [7, 11) is 0. The molecule has 34 heavy (non-hydrogen) atoms. The zero-order valence-corrected chi connectivity index (χ0v) is 19.2. The number of hydrogen-bond donors (Lipinski definition) is 2. The first-order chi connectivity index (χ1) is 15.9. The van der Waals surface area contributed by atoms with E-state index in [0.29, 0.717) is 11.1 Å². The van der Waals surface area contributed by atoms with Crippen molar-refractivity contribution in [3.05, 3.63) is 57.0 Å². The van der Waals surface area contributed by atoms with Gasteiger partial charge in [-0.3, -0.25) is 14.4 Å². The molecule has 178 valence electrons. The lowest BCUT2D eigenvalue weighted by molar-refractivity contribution is -0.137. The maximum atomic E-state index is 13.0. The second-order valence-corrected chi connectivity index (χ2v) is 8.53. The first-order valence-corrected chi connectivity index (χ1v) is 10.8. The van der Waals surface area contributed by atoms with Gasteiger partial charge in [0.2, 0.25) is 5.91 Å². The Morgan fingerprint density at radius 1 is 1.06 bits per heavy atom. The molecule has 0 aromatic carbocycles. The van der Waals surface area contributed by atoms with Gasteiger partial charge in [-0.25, -0.2) is 19.9 Å². The van der Waals surface area contributed by atoms with Crippen molar-refractivity contribution in [1.29, 1.82) is 0 Å². The van der Waals surface area contributed by atoms with Crippen LogP contribution in [0.1, 0.15) is 56.9 Å². The Kier molecular flexibility index (Phi) is 7.57. The molecule has 0 saturated heterocycles. The third-order valence-corrected chi connectivity index (χ3v) is 5.85. The smallest absolute Gasteiger partial charge is 0.311 e. The van der Waals surface area contributed by atoms with Crippen LogP contribution in [0.15, 0.2) is 30.9 Å². The third-order valence-electron chi connectivity index (χ3n) is 4.32. The average molecular weight is 513 g/mol. The highest BCUT2D eigenvalue weighted by Gasteiger charge is 2.34. The molecule has 9 nitrogen and oxygen atoms in total. The molecule has 3 rings (SSSR count). The molecule has 0 saturated carbocycles. The number of rotatable bonds is 7. The topological polar surface area (TPSA) is 127 Å². The standard InChI is InChI=1S/C20H16ClF3N6O3S/c1-9(3-14(32)13-5-17(28-8-27-13)29-10(2)31)19-26-7-15(34-19)18(33)30-16-4-11(20(22,23)24)12(21)6-25-16/h4-9H,3H2,1-2H3,(H,25,30,33)(H,27,28,29,31). The van der Waals surface area contributed by atoms with Crippen molar-refractivity contribution in [2.45, 2.75) is 32.4 Å². The number of carbonyl (C=O) groups excluding carboxylic acids is 3. The lowest BCUT2D eigenvalue weighted by Crippen LogP contribution is -2.13. The molecule has 3 heterocycles. The van der Waals surface area contributed by atoms with Crippen molar-refractivity contribution in [3.8, 4) is 0 Å². The molecule has 0 radical (unpaired) electrons. The molecule has 0 aliphatic carbocycles. The number of Topliss-reactive ketones (excluding diaryl/α,β-unsaturated/α-hetero) is 1. The Bertz CT molecular complexity index is 1250. The van der Waals surface area contributed by atoms with Gasteiger partial charge in [-0.15, -0.1) is 11.3 Å². The SMILES string of the molecule is CC(=O)Nc1cc(C(=O)CC(C)c2ncc(C(=O)Nc3cc(C(F)(F)F)c(Cl)cn3)s2)ncn1. The van der Waals surface area contributed by atoms with Crippen LogP contribution in [0.5, 0.6) is 0 Å². The summed E-state index contributed by atoms with van der Waals surface area (Å²) < 4.78 is 39.0. The largest absolute Gasteiger partial charge is 0.418 e. The molecule has 2 amide bonds. The number of alkyl halides is 3. The molecule has 3 aromatic heterocycles. The quantitative estimate of drug-likeness (QED) is 0.443. The predicted octanol–water partition coefficient (Wildman–Crippen LogP) is 4.59. The normalized spacial score (nSPS) is 12.2. The van der Waals surface area contributed by atoms with Crippen molar-refractivity contribution in [2.75, 3.05) is 10.6 Å². The van der Waals surface area contributed by atoms with Gasteiger partial charge in [-0.1, -0.05) is 18.5 Å². The fourth-order valence-corrected chi connectivity index (χ4v) is 3.83. The molecular weight excluding hydrogens is 497 g/mol. The zero-order chi connectivity index (χ0) is 25.0. The van der Waals surface area contributed by atoms with E-state index in [9.17, 15) is 27.6 Å². The molecule has 14 heteroatoms. The number of aromatic nitrogens is 4. The van der Waals surface area contributed by atoms with Crippen LogP contribution in [0.2, 0.25) is 5.02 Å². The van der Waals surface area contributed by atoms with E-state index in [2.05, 4.69) is 30.6 Å². The minimum absolute atomic E-state index is 0.0127. The van der Waals surface area contributed by atoms with Crippen LogP contribution in [0, 0.1) is 0 Å². The van der Waals surface area contributed by atoms with Crippen molar-refractivity contribution in [3.63, 3.8) is 0 Å². The van der Waals surface area contributed by atoms with Crippen molar-refractivity contribution < 1.29 is 27.6 Å². The number of nitrogens with zero attached hydrogens (tertiary/aromatic N) is 4. The Hall–Kier alpha value is -3.45. The Balaban J connectivity index is 1.67. The first kappa shape index (κ1) is 25.2. The second-order valence-electron chi connectivity index (χ2n) is 7.06. The van der Waals surface area contributed by atoms with Gasteiger partial charge in [0, 0.05) is 31.5 Å². The molecule has 0 aliphatic heterocycles. The van der Waals surface area contributed by atoms with Crippen LogP contribution in [0.3, 0.4) is 0 Å². The summed E-state index contributed by atoms with van der Waals surface area (Å²) in [6, 6.07) is 1.99. The van der Waals surface area contributed by atoms with E-state index in [-0.39, 0.29) is 46.2 Å². The van der Waals surface area contributed by atoms with Crippen LogP contribution >= 0.6 is 22.9 Å². The molecule has 0 bridgehead atoms. The van der Waals surface area contributed by atoms with Crippen LogP contribution in [0.25, 0.3) is 0 Å². The van der Waals surface area contributed by atoms with Gasteiger partial charge >= 0.3 is 6.18 Å². The van der Waals surface area contributed by atoms with Gasteiger partial charge in [-0.05, 0) is 6.07 Å². The summed E-state index contributed by atoms with van der Waals surface area (Å²) in [6.07, 6.45) is -1.47. The highest BCUT2D eigenvalue weighted by Crippen LogP contribution is 2.35. The number of anilines is 2. The molecule has 1 unspecified atom stereocenters. The van der Waals surface area contributed by atoms with Crippen LogP contribution in [-0.2, 0) is 11.0 Å². The van der Waals surface area contributed by atoms with Crippen LogP contribution in [-0.4, -0.2) is 37.5 Å². The van der Waals surface area contributed by atoms with Gasteiger partial charge in [0.25, 0.3) is 5.91 Å². The number of amides is 2. The molecule has 0 fully saturated rings. The molecule has 1 atom stereocenters. The minimum Gasteiger partial charge on any atom is -0.311 e. The van der Waals surface area contributed by atoms with E-state index in [1.165, 1.54) is 19.2 Å². The fraction of sp³-hybridized carbons (Fsp3) is 0.250. The van der Waals surface area contributed by atoms with E-state index in [1.54, 1.807) is 6.92 Å². The number of hydrogen-bond acceptors (Lipinski definition) is 8. The number of thiazole rings is 1. The third kappa shape index (κ3) is 6.32. The average Bonchev–Trinajstić information content (AvgIpc) is 3.24. The van der Waals surface area contributed by atoms with E-state index >= 15 is 0 Å². The number of ketones is 1. The van der Waals surface area contributed by atoms with Crippen molar-refractivity contribution in [2.24, 2.45) is 0 Å². The zero-order valence-electron chi connectivity index (χ0n) is 17.6. The number of carbonyl (C=O) groups is 3. The van der Waals surface area contributed by atoms with Gasteiger partial charge in [-0.2, -0.15) is 13.2 Å². The van der Waals surface area contributed by atoms with Crippen molar-refractivity contribution >= 4 is 52.2 Å². The maximum absolute atomic E-state index is 13.0. The second kappa shape index (κ2) is 10.2. The Morgan fingerprint density at radius 2 is 1.76 bits per heavy atom. The summed E-state index contributed by atoms with van der Waals surface area (Å²) in [5.41, 5.74) is -1.02. The molecule has 2 N–H and O–H groups in total. The molecule has 0 spiro atoms. The minimum atomic E-state index is -4.70. The monoisotopic (exact) mass is 512 g/mol. The summed E-state index contributed by atoms with van der Waals surface area (Å²) in [5.74, 6) is -1.89. The highest BCUT2D eigenvalue weighted by molar-refractivity contribution is 7.13. The van der Waals surface area contributed by atoms with E-state index in [1.807, 2.05) is 0 Å². The number of halogens is 4. The molecule has 3 aromatic rings. The lowest BCUT2D eigenvalue weighted by atomic mass is 10.0. The van der Waals surface area contributed by atoms with Crippen LogP contribution < -0.4 is 10.6 Å². The van der Waals surface area contributed by atoms with Gasteiger partial charge in [0.05, 0.1) is 21.8 Å². The fourth-order valence-electron chi connectivity index (χ4n) is 2.75. The summed E-state index contributed by atoms with van der Waals surface area (Å²) in [4.78, 5) is 51.9. The van der Waals surface area contributed by atoms with Gasteiger partial charge < -0.3 is 10.6 Å². The summed E-state index contributed by atoms with van der Waals surface area (Å²) in [5, 5.41) is 4.63. The number of nitrogens with one attached hydrogen (secondary N) is 2.